The second-order valence-electron chi connectivity index (χ2n) is 2.51. The predicted octanol–water partition coefficient (Wildman–Crippen LogP) is -0.0479. The fourth-order valence-corrected chi connectivity index (χ4v) is 1.01. The maximum atomic E-state index is 11.1. The third-order valence-electron chi connectivity index (χ3n) is 1.70. The molecule has 0 unspecified atom stereocenters. The predicted molar refractivity (Wildman–Crippen MR) is 41.5 cm³/mol. The van der Waals surface area contributed by atoms with E-state index in [1.807, 2.05) is 0 Å². The summed E-state index contributed by atoms with van der Waals surface area (Å²) in [6, 6.07) is -0.321. The lowest BCUT2D eigenvalue weighted by molar-refractivity contribution is -0.122. The molecule has 1 rings (SSSR count). The van der Waals surface area contributed by atoms with E-state index in [0.29, 0.717) is 19.4 Å². The molecule has 1 saturated heterocycles. The molecule has 1 fully saturated rings. The molecular weight excluding hydrogens is 160 g/mol. The molecule has 0 spiro atoms. The maximum Gasteiger partial charge on any atom is 0.326 e. The zero-order valence-electron chi connectivity index (χ0n) is 6.73. The first kappa shape index (κ1) is 8.58. The van der Waals surface area contributed by atoms with Gasteiger partial charge >= 0.3 is 6.03 Å². The lowest BCUT2D eigenvalue weighted by atomic mass is 10.5. The fraction of sp³-hybridized carbons (Fsp3) is 0.429. The van der Waals surface area contributed by atoms with Crippen LogP contribution in [0.1, 0.15) is 0 Å². The van der Waals surface area contributed by atoms with Gasteiger partial charge in [0.15, 0.2) is 0 Å². The molecule has 0 aliphatic carbocycles. The van der Waals surface area contributed by atoms with Gasteiger partial charge in [-0.05, 0) is 0 Å². The molecule has 1 aliphatic heterocycles. The number of rotatable bonds is 1. The van der Waals surface area contributed by atoms with Gasteiger partial charge in [-0.2, -0.15) is 0 Å². The maximum absolute atomic E-state index is 11.1. The molecule has 1 heterocycles. The Labute approximate surface area is 69.9 Å². The molecule has 0 atom stereocenters. The van der Waals surface area contributed by atoms with E-state index in [1.165, 1.54) is 4.90 Å². The van der Waals surface area contributed by atoms with Gasteiger partial charge in [0, 0.05) is 26.2 Å². The van der Waals surface area contributed by atoms with Crippen molar-refractivity contribution in [2.75, 3.05) is 20.1 Å². The summed E-state index contributed by atoms with van der Waals surface area (Å²) >= 11 is 0. The van der Waals surface area contributed by atoms with Crippen molar-refractivity contribution in [3.8, 4) is 0 Å². The SMILES string of the molecule is CN1CCN(C(=O)/C=C/O)C1=O. The highest BCUT2D eigenvalue weighted by molar-refractivity contribution is 6.01. The van der Waals surface area contributed by atoms with Gasteiger partial charge in [0.2, 0.25) is 0 Å². The highest BCUT2D eigenvalue weighted by atomic mass is 16.2. The largest absolute Gasteiger partial charge is 0.515 e. The molecule has 1 aliphatic rings. The summed E-state index contributed by atoms with van der Waals surface area (Å²) in [7, 11) is 1.62. The van der Waals surface area contributed by atoms with Gasteiger partial charge in [0.1, 0.15) is 0 Å². The van der Waals surface area contributed by atoms with Crippen LogP contribution in [0, 0.1) is 0 Å². The van der Waals surface area contributed by atoms with Crippen molar-refractivity contribution in [2.24, 2.45) is 0 Å². The van der Waals surface area contributed by atoms with Gasteiger partial charge in [-0.1, -0.05) is 0 Å². The molecule has 0 aromatic rings. The molecule has 5 nitrogen and oxygen atoms in total. The fourth-order valence-electron chi connectivity index (χ4n) is 1.01. The summed E-state index contributed by atoms with van der Waals surface area (Å²) in [5.41, 5.74) is 0. The van der Waals surface area contributed by atoms with Gasteiger partial charge in [-0.15, -0.1) is 0 Å². The van der Waals surface area contributed by atoms with Crippen LogP contribution in [-0.4, -0.2) is 47.0 Å². The zero-order chi connectivity index (χ0) is 9.14. The summed E-state index contributed by atoms with van der Waals surface area (Å²) in [6.07, 6.45) is 1.59. The number of aliphatic hydroxyl groups is 1. The Morgan fingerprint density at radius 2 is 2.25 bits per heavy atom. The lowest BCUT2D eigenvalue weighted by Crippen LogP contribution is -2.33. The third kappa shape index (κ3) is 1.39. The summed E-state index contributed by atoms with van der Waals surface area (Å²) < 4.78 is 0. The van der Waals surface area contributed by atoms with Crippen LogP contribution in [0.15, 0.2) is 12.3 Å². The van der Waals surface area contributed by atoms with Gasteiger partial charge in [0.25, 0.3) is 5.91 Å². The van der Waals surface area contributed by atoms with Crippen LogP contribution < -0.4 is 0 Å². The summed E-state index contributed by atoms with van der Waals surface area (Å²) in [4.78, 5) is 24.7. The number of amides is 3. The molecule has 0 saturated carbocycles. The first-order chi connectivity index (χ1) is 5.66. The van der Waals surface area contributed by atoms with E-state index in [0.717, 1.165) is 11.0 Å². The van der Waals surface area contributed by atoms with Crippen LogP contribution in [0.25, 0.3) is 0 Å². The first-order valence-electron chi connectivity index (χ1n) is 3.54. The smallest absolute Gasteiger partial charge is 0.326 e. The average molecular weight is 170 g/mol. The normalized spacial score (nSPS) is 17.9. The van der Waals surface area contributed by atoms with E-state index in [1.54, 1.807) is 7.05 Å². The molecule has 12 heavy (non-hydrogen) atoms. The Kier molecular flexibility index (Phi) is 2.32. The van der Waals surface area contributed by atoms with E-state index in [2.05, 4.69) is 0 Å². The summed E-state index contributed by atoms with van der Waals surface area (Å²) in [5, 5.41) is 8.30. The van der Waals surface area contributed by atoms with Crippen molar-refractivity contribution < 1.29 is 14.7 Å². The van der Waals surface area contributed by atoms with Crippen molar-refractivity contribution in [3.05, 3.63) is 12.3 Å². The zero-order valence-corrected chi connectivity index (χ0v) is 6.73. The molecular formula is C7H10N2O3. The number of urea groups is 1. The van der Waals surface area contributed by atoms with Crippen LogP contribution in [0.3, 0.4) is 0 Å². The topological polar surface area (TPSA) is 60.9 Å². The molecule has 0 bridgehead atoms. The molecule has 0 aromatic carbocycles. The summed E-state index contributed by atoms with van der Waals surface area (Å²) in [6.45, 7) is 0.933. The second kappa shape index (κ2) is 3.25. The number of aliphatic hydroxyl groups excluding tert-OH is 1. The number of nitrogens with zero attached hydrogens (tertiary/aromatic N) is 2. The molecule has 1 N–H and O–H groups in total. The van der Waals surface area contributed by atoms with Crippen molar-refractivity contribution in [3.63, 3.8) is 0 Å². The van der Waals surface area contributed by atoms with Crippen molar-refractivity contribution in [1.29, 1.82) is 0 Å². The van der Waals surface area contributed by atoms with Crippen molar-refractivity contribution >= 4 is 11.9 Å². The average Bonchev–Trinajstić information content (AvgIpc) is 2.34. The van der Waals surface area contributed by atoms with Crippen LogP contribution in [0.2, 0.25) is 0 Å². The molecule has 0 aromatic heterocycles. The minimum atomic E-state index is -0.480. The van der Waals surface area contributed by atoms with Crippen LogP contribution >= 0.6 is 0 Å². The van der Waals surface area contributed by atoms with Crippen molar-refractivity contribution in [1.82, 2.24) is 9.80 Å². The Hall–Kier alpha value is -1.52. The van der Waals surface area contributed by atoms with E-state index in [4.69, 9.17) is 5.11 Å². The Morgan fingerprint density at radius 1 is 1.58 bits per heavy atom. The van der Waals surface area contributed by atoms with Gasteiger partial charge in [0.05, 0.1) is 6.26 Å². The highest BCUT2D eigenvalue weighted by Crippen LogP contribution is 2.06. The standard InChI is InChI=1S/C7H10N2O3/c1-8-3-4-9(7(8)12)6(11)2-5-10/h2,5,10H,3-4H2,1H3/b5-2+. The highest BCUT2D eigenvalue weighted by Gasteiger charge is 2.28. The van der Waals surface area contributed by atoms with Crippen LogP contribution in [0.5, 0.6) is 0 Å². The van der Waals surface area contributed by atoms with Crippen molar-refractivity contribution in [2.45, 2.75) is 0 Å². The number of imide groups is 1. The number of likely N-dealkylation sites (N-methyl/N-ethyl adjacent to an activating group) is 1. The Bertz CT molecular complexity index is 237. The third-order valence-corrected chi connectivity index (χ3v) is 1.70. The second-order valence-corrected chi connectivity index (χ2v) is 2.51. The van der Waals surface area contributed by atoms with E-state index in [-0.39, 0.29) is 6.03 Å². The van der Waals surface area contributed by atoms with Crippen LogP contribution in [-0.2, 0) is 4.79 Å². The number of hydrogen-bond acceptors (Lipinski definition) is 3. The minimum absolute atomic E-state index is 0.321. The number of carbonyl (C=O) groups is 2. The molecule has 66 valence electrons. The summed E-state index contributed by atoms with van der Waals surface area (Å²) in [5.74, 6) is -0.480. The first-order valence-corrected chi connectivity index (χ1v) is 3.54. The van der Waals surface area contributed by atoms with Crippen LogP contribution in [0.4, 0.5) is 4.79 Å². The number of carbonyl (C=O) groups excluding carboxylic acids is 2. The van der Waals surface area contributed by atoms with Gasteiger partial charge in [-0.3, -0.25) is 9.69 Å². The Balaban J connectivity index is 2.66. The van der Waals surface area contributed by atoms with E-state index in [9.17, 15) is 9.59 Å². The molecule has 0 radical (unpaired) electrons. The number of hydrogen-bond donors (Lipinski definition) is 1. The minimum Gasteiger partial charge on any atom is -0.515 e. The van der Waals surface area contributed by atoms with Gasteiger partial charge in [-0.25, -0.2) is 4.79 Å². The quantitative estimate of drug-likeness (QED) is 0.443. The lowest BCUT2D eigenvalue weighted by Gasteiger charge is -2.10. The molecule has 5 heteroatoms. The Morgan fingerprint density at radius 3 is 2.67 bits per heavy atom. The molecule has 3 amide bonds. The van der Waals surface area contributed by atoms with E-state index < -0.39 is 5.91 Å². The van der Waals surface area contributed by atoms with E-state index >= 15 is 0 Å². The van der Waals surface area contributed by atoms with Gasteiger partial charge < -0.3 is 10.0 Å². The monoisotopic (exact) mass is 170 g/mol.